The lowest BCUT2D eigenvalue weighted by molar-refractivity contribution is 0.0967. The number of aromatic nitrogens is 2. The van der Waals surface area contributed by atoms with E-state index in [2.05, 4.69) is 36.4 Å². The highest BCUT2D eigenvalue weighted by Crippen LogP contribution is 2.33. The molecule has 0 spiro atoms. The largest absolute Gasteiger partial charge is 0.372 e. The van der Waals surface area contributed by atoms with Crippen molar-refractivity contribution in [2.24, 2.45) is 13.0 Å². The molecule has 0 saturated carbocycles. The molecule has 1 saturated heterocycles. The molecule has 0 radical (unpaired) electrons. The van der Waals surface area contributed by atoms with Gasteiger partial charge in [0.05, 0.1) is 5.69 Å². The van der Waals surface area contributed by atoms with E-state index in [9.17, 15) is 0 Å². The zero-order chi connectivity index (χ0) is 14.8. The van der Waals surface area contributed by atoms with Crippen LogP contribution in [-0.2, 0) is 11.8 Å². The van der Waals surface area contributed by atoms with E-state index in [-0.39, 0.29) is 6.10 Å². The van der Waals surface area contributed by atoms with Gasteiger partial charge in [0.2, 0.25) is 0 Å². The van der Waals surface area contributed by atoms with Gasteiger partial charge >= 0.3 is 0 Å². The second kappa shape index (κ2) is 6.32. The van der Waals surface area contributed by atoms with Gasteiger partial charge in [-0.25, -0.2) is 0 Å². The van der Waals surface area contributed by atoms with Gasteiger partial charge in [0.1, 0.15) is 6.10 Å². The molecule has 4 heteroatoms. The smallest absolute Gasteiger partial charge is 0.101 e. The van der Waals surface area contributed by atoms with Crippen LogP contribution in [0.4, 0.5) is 0 Å². The van der Waals surface area contributed by atoms with Gasteiger partial charge in [0.15, 0.2) is 0 Å². The Hall–Kier alpha value is -1.13. The van der Waals surface area contributed by atoms with Gasteiger partial charge in [-0.15, -0.1) is 0 Å². The molecular weight excluding hydrogens is 262 g/mol. The van der Waals surface area contributed by atoms with Crippen LogP contribution >= 0.6 is 0 Å². The number of allylic oxidation sites excluding steroid dienone is 2. The number of nitrogens with one attached hydrogen (secondary N) is 1. The number of aryl methyl sites for hydroxylation is 2. The monoisotopic (exact) mass is 289 g/mol. The molecule has 0 bridgehead atoms. The van der Waals surface area contributed by atoms with E-state index in [1.54, 1.807) is 0 Å². The maximum atomic E-state index is 6.04. The molecule has 3 rings (SSSR count). The van der Waals surface area contributed by atoms with E-state index in [0.29, 0.717) is 6.04 Å². The first kappa shape index (κ1) is 14.8. The van der Waals surface area contributed by atoms with E-state index in [1.165, 1.54) is 30.5 Å². The van der Waals surface area contributed by atoms with Gasteiger partial charge in [-0.05, 0) is 52.0 Å². The highest BCUT2D eigenvalue weighted by Gasteiger charge is 2.33. The van der Waals surface area contributed by atoms with Gasteiger partial charge in [-0.3, -0.25) is 4.68 Å². The van der Waals surface area contributed by atoms with Crippen LogP contribution in [0.3, 0.4) is 0 Å². The molecular formula is C17H27N3O. The molecule has 21 heavy (non-hydrogen) atoms. The normalized spacial score (nSPS) is 29.2. The van der Waals surface area contributed by atoms with Crippen molar-refractivity contribution < 1.29 is 4.74 Å². The molecule has 1 aromatic rings. The van der Waals surface area contributed by atoms with Crippen molar-refractivity contribution >= 4 is 0 Å². The minimum atomic E-state index is 0.165. The number of ether oxygens (including phenoxy) is 1. The first-order valence-electron chi connectivity index (χ1n) is 8.17. The average molecular weight is 289 g/mol. The summed E-state index contributed by atoms with van der Waals surface area (Å²) in [6, 6.07) is 0.428. The number of hydrogen-bond donors (Lipinski definition) is 1. The highest BCUT2D eigenvalue weighted by atomic mass is 16.5. The van der Waals surface area contributed by atoms with E-state index in [4.69, 9.17) is 4.74 Å². The van der Waals surface area contributed by atoms with Crippen molar-refractivity contribution in [2.45, 2.75) is 51.7 Å². The van der Waals surface area contributed by atoms with E-state index in [1.807, 2.05) is 11.7 Å². The average Bonchev–Trinajstić information content (AvgIpc) is 3.03. The van der Waals surface area contributed by atoms with Crippen LogP contribution in [0.25, 0.3) is 0 Å². The van der Waals surface area contributed by atoms with Crippen LogP contribution in [0, 0.1) is 19.8 Å². The summed E-state index contributed by atoms with van der Waals surface area (Å²) in [5.74, 6) is 0.785. The summed E-state index contributed by atoms with van der Waals surface area (Å²) in [4.78, 5) is 0. The summed E-state index contributed by atoms with van der Waals surface area (Å²) in [6.45, 7) is 6.18. The minimum Gasteiger partial charge on any atom is -0.372 e. The molecule has 1 N–H and O–H groups in total. The predicted octanol–water partition coefficient (Wildman–Crippen LogP) is 2.81. The molecule has 0 aromatic carbocycles. The minimum absolute atomic E-state index is 0.165. The van der Waals surface area contributed by atoms with E-state index in [0.717, 1.165) is 31.2 Å². The predicted molar refractivity (Wildman–Crippen MR) is 84.3 cm³/mol. The Labute approximate surface area is 127 Å². The van der Waals surface area contributed by atoms with Gasteiger partial charge in [-0.1, -0.05) is 12.2 Å². The Morgan fingerprint density at radius 2 is 2.19 bits per heavy atom. The van der Waals surface area contributed by atoms with Gasteiger partial charge in [0.25, 0.3) is 0 Å². The van der Waals surface area contributed by atoms with Crippen molar-refractivity contribution in [3.63, 3.8) is 0 Å². The van der Waals surface area contributed by atoms with Crippen molar-refractivity contribution in [3.05, 3.63) is 29.1 Å². The Kier molecular flexibility index (Phi) is 4.45. The summed E-state index contributed by atoms with van der Waals surface area (Å²) < 4.78 is 8.00. The topological polar surface area (TPSA) is 39.1 Å². The molecule has 3 atom stereocenters. The first-order valence-corrected chi connectivity index (χ1v) is 8.17. The standard InChI is InChI=1S/C17H27N3O/c1-12-16(13(2)20(3)19-12)17-15(9-10-21-17)18-11-14-7-5-4-6-8-14/h4-5,14-15,17-18H,6-11H2,1-3H3/t14-,15+,17+/m1/s1. The fraction of sp³-hybridized carbons (Fsp3) is 0.706. The lowest BCUT2D eigenvalue weighted by Crippen LogP contribution is -2.36. The van der Waals surface area contributed by atoms with Crippen LogP contribution < -0.4 is 5.32 Å². The zero-order valence-electron chi connectivity index (χ0n) is 13.4. The molecule has 4 nitrogen and oxygen atoms in total. The molecule has 116 valence electrons. The molecule has 2 heterocycles. The van der Waals surface area contributed by atoms with Gasteiger partial charge < -0.3 is 10.1 Å². The van der Waals surface area contributed by atoms with Crippen LogP contribution in [0.5, 0.6) is 0 Å². The molecule has 1 fully saturated rings. The lowest BCUT2D eigenvalue weighted by Gasteiger charge is -2.24. The molecule has 1 aromatic heterocycles. The summed E-state index contributed by atoms with van der Waals surface area (Å²) in [7, 11) is 2.01. The lowest BCUT2D eigenvalue weighted by atomic mass is 9.93. The van der Waals surface area contributed by atoms with E-state index < -0.39 is 0 Å². The first-order chi connectivity index (χ1) is 10.2. The Balaban J connectivity index is 1.66. The van der Waals surface area contributed by atoms with Crippen LogP contribution in [-0.4, -0.2) is 29.0 Å². The van der Waals surface area contributed by atoms with E-state index >= 15 is 0 Å². The molecule has 0 unspecified atom stereocenters. The number of nitrogens with zero attached hydrogens (tertiary/aromatic N) is 2. The quantitative estimate of drug-likeness (QED) is 0.866. The van der Waals surface area contributed by atoms with Crippen molar-refractivity contribution in [3.8, 4) is 0 Å². The highest BCUT2D eigenvalue weighted by molar-refractivity contribution is 5.29. The molecule has 1 aliphatic heterocycles. The number of rotatable bonds is 4. The Morgan fingerprint density at radius 1 is 1.33 bits per heavy atom. The zero-order valence-corrected chi connectivity index (χ0v) is 13.4. The maximum Gasteiger partial charge on any atom is 0.101 e. The summed E-state index contributed by atoms with van der Waals surface area (Å²) in [5.41, 5.74) is 3.62. The fourth-order valence-corrected chi connectivity index (χ4v) is 3.64. The molecule has 0 amide bonds. The second-order valence-corrected chi connectivity index (χ2v) is 6.45. The maximum absolute atomic E-state index is 6.04. The van der Waals surface area contributed by atoms with Crippen LogP contribution in [0.15, 0.2) is 12.2 Å². The second-order valence-electron chi connectivity index (χ2n) is 6.45. The number of hydrogen-bond acceptors (Lipinski definition) is 3. The Bertz CT molecular complexity index is 520. The Morgan fingerprint density at radius 3 is 2.86 bits per heavy atom. The molecule has 2 aliphatic rings. The molecule has 1 aliphatic carbocycles. The summed E-state index contributed by atoms with van der Waals surface area (Å²) in [5, 5.41) is 8.31. The SMILES string of the molecule is Cc1nn(C)c(C)c1[C@H]1OCC[C@@H]1NC[C@@H]1CC=CCC1. The van der Waals surface area contributed by atoms with Gasteiger partial charge in [-0.2, -0.15) is 5.10 Å². The van der Waals surface area contributed by atoms with Crippen molar-refractivity contribution in [2.75, 3.05) is 13.2 Å². The third kappa shape index (κ3) is 3.06. The summed E-state index contributed by atoms with van der Waals surface area (Å²) in [6.07, 6.45) is 9.66. The van der Waals surface area contributed by atoms with Crippen molar-refractivity contribution in [1.29, 1.82) is 0 Å². The van der Waals surface area contributed by atoms with Crippen LogP contribution in [0.1, 0.15) is 48.7 Å². The third-order valence-electron chi connectivity index (χ3n) is 4.99. The fourth-order valence-electron chi connectivity index (χ4n) is 3.64. The van der Waals surface area contributed by atoms with Crippen molar-refractivity contribution in [1.82, 2.24) is 15.1 Å². The summed E-state index contributed by atoms with van der Waals surface area (Å²) >= 11 is 0. The van der Waals surface area contributed by atoms with Gasteiger partial charge in [0, 0.05) is 31.0 Å². The van der Waals surface area contributed by atoms with Crippen LogP contribution in [0.2, 0.25) is 0 Å². The third-order valence-corrected chi connectivity index (χ3v) is 4.99.